The molecule has 120 valence electrons. The molecule has 5 heteroatoms. The number of carboxylic acid groups (broad SMARTS) is 1. The molecule has 0 aliphatic heterocycles. The van der Waals surface area contributed by atoms with Crippen molar-refractivity contribution in [3.05, 3.63) is 28.8 Å². The Balaban J connectivity index is 2.17. The molecule has 0 heterocycles. The maximum atomic E-state index is 12.9. The van der Waals surface area contributed by atoms with E-state index in [0.29, 0.717) is 16.9 Å². The van der Waals surface area contributed by atoms with Gasteiger partial charge in [-0.1, -0.05) is 19.4 Å². The molecule has 2 saturated carbocycles. The Labute approximate surface area is 131 Å². The number of benzene rings is 1. The quantitative estimate of drug-likeness (QED) is 0.871. The predicted molar refractivity (Wildman–Crippen MR) is 84.1 cm³/mol. The van der Waals surface area contributed by atoms with Gasteiger partial charge in [0.25, 0.3) is 0 Å². The van der Waals surface area contributed by atoms with Crippen LogP contribution in [0.25, 0.3) is 0 Å². The molecule has 0 spiro atoms. The van der Waals surface area contributed by atoms with Crippen molar-refractivity contribution in [2.24, 2.45) is 5.92 Å². The first kappa shape index (κ1) is 15.5. The summed E-state index contributed by atoms with van der Waals surface area (Å²) in [6, 6.07) is 3.33. The van der Waals surface area contributed by atoms with Gasteiger partial charge in [0.1, 0.15) is 0 Å². The van der Waals surface area contributed by atoms with E-state index < -0.39 is 15.8 Å². The van der Waals surface area contributed by atoms with E-state index >= 15 is 0 Å². The van der Waals surface area contributed by atoms with E-state index in [0.717, 1.165) is 37.7 Å². The summed E-state index contributed by atoms with van der Waals surface area (Å²) in [7, 11) is -3.41. The highest BCUT2D eigenvalue weighted by molar-refractivity contribution is 7.91. The van der Waals surface area contributed by atoms with E-state index in [1.807, 2.05) is 6.92 Å². The van der Waals surface area contributed by atoms with Crippen molar-refractivity contribution >= 4 is 15.8 Å². The molecule has 0 aromatic heterocycles. The van der Waals surface area contributed by atoms with Crippen molar-refractivity contribution in [2.75, 3.05) is 5.75 Å². The fraction of sp³-hybridized carbons (Fsp3) is 0.588. The average Bonchev–Trinajstić information content (AvgIpc) is 3.18. The summed E-state index contributed by atoms with van der Waals surface area (Å²) < 4.78 is 25.8. The third kappa shape index (κ3) is 2.78. The van der Waals surface area contributed by atoms with Gasteiger partial charge in [0, 0.05) is 0 Å². The van der Waals surface area contributed by atoms with Crippen LogP contribution in [0.15, 0.2) is 17.0 Å². The first-order valence-corrected chi connectivity index (χ1v) is 9.71. The van der Waals surface area contributed by atoms with Gasteiger partial charge >= 0.3 is 5.97 Å². The third-order valence-corrected chi connectivity index (χ3v) is 6.90. The number of sulfone groups is 1. The van der Waals surface area contributed by atoms with Crippen LogP contribution in [-0.2, 0) is 16.3 Å². The van der Waals surface area contributed by atoms with Crippen LogP contribution in [-0.4, -0.2) is 25.2 Å². The maximum Gasteiger partial charge on any atom is 0.336 e. The van der Waals surface area contributed by atoms with Gasteiger partial charge in [0.05, 0.1) is 16.2 Å². The summed E-state index contributed by atoms with van der Waals surface area (Å²) >= 11 is 0. The molecule has 0 atom stereocenters. The number of carboxylic acids is 1. The van der Waals surface area contributed by atoms with Crippen LogP contribution < -0.4 is 0 Å². The second-order valence-electron chi connectivity index (χ2n) is 6.52. The van der Waals surface area contributed by atoms with Gasteiger partial charge in [0.15, 0.2) is 9.84 Å². The van der Waals surface area contributed by atoms with Gasteiger partial charge in [-0.3, -0.25) is 0 Å². The van der Waals surface area contributed by atoms with Crippen LogP contribution in [0.2, 0.25) is 0 Å². The molecule has 4 nitrogen and oxygen atoms in total. The number of rotatable bonds is 6. The van der Waals surface area contributed by atoms with Crippen LogP contribution in [0.3, 0.4) is 0 Å². The Morgan fingerprint density at radius 3 is 2.36 bits per heavy atom. The molecule has 0 saturated heterocycles. The van der Waals surface area contributed by atoms with Gasteiger partial charge in [-0.2, -0.15) is 0 Å². The topological polar surface area (TPSA) is 71.4 Å². The van der Waals surface area contributed by atoms with E-state index in [4.69, 9.17) is 0 Å². The minimum Gasteiger partial charge on any atom is -0.478 e. The molecule has 2 aliphatic carbocycles. The molecule has 2 aliphatic rings. The summed E-state index contributed by atoms with van der Waals surface area (Å²) in [5, 5.41) is 9.39. The van der Waals surface area contributed by atoms with Crippen molar-refractivity contribution in [3.8, 4) is 0 Å². The van der Waals surface area contributed by atoms with Gasteiger partial charge < -0.3 is 5.11 Å². The molecular weight excluding hydrogens is 300 g/mol. The molecule has 1 N–H and O–H groups in total. The van der Waals surface area contributed by atoms with E-state index in [1.54, 1.807) is 12.1 Å². The largest absolute Gasteiger partial charge is 0.478 e. The fourth-order valence-electron chi connectivity index (χ4n) is 3.28. The molecule has 0 bridgehead atoms. The lowest BCUT2D eigenvalue weighted by Gasteiger charge is -2.29. The Hall–Kier alpha value is -1.36. The number of hydrogen-bond donors (Lipinski definition) is 1. The monoisotopic (exact) mass is 322 g/mol. The molecule has 2 fully saturated rings. The van der Waals surface area contributed by atoms with Crippen LogP contribution in [0.4, 0.5) is 0 Å². The molecule has 0 radical (unpaired) electrons. The molecule has 3 rings (SSSR count). The third-order valence-electron chi connectivity index (χ3n) is 4.88. The van der Waals surface area contributed by atoms with Crippen molar-refractivity contribution < 1.29 is 18.3 Å². The summed E-state index contributed by atoms with van der Waals surface area (Å²) in [5.41, 5.74) is 1.49. The molecule has 1 aromatic carbocycles. The average molecular weight is 322 g/mol. The van der Waals surface area contributed by atoms with Crippen molar-refractivity contribution in [1.82, 2.24) is 0 Å². The van der Waals surface area contributed by atoms with E-state index in [9.17, 15) is 18.3 Å². The van der Waals surface area contributed by atoms with Gasteiger partial charge in [-0.15, -0.1) is 0 Å². The normalized spacial score (nSPS) is 19.0. The summed E-state index contributed by atoms with van der Waals surface area (Å²) in [5.74, 6) is -0.336. The maximum absolute atomic E-state index is 12.9. The molecule has 22 heavy (non-hydrogen) atoms. The van der Waals surface area contributed by atoms with Crippen LogP contribution in [0.1, 0.15) is 66.4 Å². The SMILES string of the molecule is CCc1c(C(=O)O)ccc(C2CCC2)c1S(=O)(=O)CC1CC1. The van der Waals surface area contributed by atoms with Crippen molar-refractivity contribution in [1.29, 1.82) is 0 Å². The minimum atomic E-state index is -3.41. The predicted octanol–water partition coefficient (Wildman–Crippen LogP) is 3.40. The number of carbonyl (C=O) groups is 1. The zero-order valence-corrected chi connectivity index (χ0v) is 13.7. The van der Waals surface area contributed by atoms with Crippen LogP contribution in [0, 0.1) is 5.92 Å². The summed E-state index contributed by atoms with van der Waals surface area (Å²) in [4.78, 5) is 11.8. The highest BCUT2D eigenvalue weighted by Crippen LogP contribution is 2.43. The van der Waals surface area contributed by atoms with E-state index in [1.165, 1.54) is 0 Å². The fourth-order valence-corrected chi connectivity index (χ4v) is 5.63. The zero-order chi connectivity index (χ0) is 15.9. The molecule has 0 unspecified atom stereocenters. The first-order chi connectivity index (χ1) is 10.4. The molecular formula is C17H22O4S. The van der Waals surface area contributed by atoms with Crippen molar-refractivity contribution in [3.63, 3.8) is 0 Å². The smallest absolute Gasteiger partial charge is 0.336 e. The highest BCUT2D eigenvalue weighted by atomic mass is 32.2. The Morgan fingerprint density at radius 1 is 1.23 bits per heavy atom. The lowest BCUT2D eigenvalue weighted by Crippen LogP contribution is -2.20. The highest BCUT2D eigenvalue weighted by Gasteiger charge is 2.35. The van der Waals surface area contributed by atoms with Gasteiger partial charge in [-0.25, -0.2) is 13.2 Å². The second kappa shape index (κ2) is 5.69. The second-order valence-corrected chi connectivity index (χ2v) is 8.49. The van der Waals surface area contributed by atoms with E-state index in [2.05, 4.69) is 0 Å². The standard InChI is InChI=1S/C17H22O4S/c1-2-13-15(17(18)19)9-8-14(12-4-3-5-12)16(13)22(20,21)10-11-6-7-11/h8-9,11-12H,2-7,10H2,1H3,(H,18,19). The number of hydrogen-bond acceptors (Lipinski definition) is 3. The summed E-state index contributed by atoms with van der Waals surface area (Å²) in [6.45, 7) is 1.84. The minimum absolute atomic E-state index is 0.139. The lowest BCUT2D eigenvalue weighted by molar-refractivity contribution is 0.0695. The number of aromatic carboxylic acids is 1. The van der Waals surface area contributed by atoms with Crippen LogP contribution in [0.5, 0.6) is 0 Å². The zero-order valence-electron chi connectivity index (χ0n) is 12.8. The van der Waals surface area contributed by atoms with Crippen LogP contribution >= 0.6 is 0 Å². The first-order valence-electron chi connectivity index (χ1n) is 8.06. The molecule has 1 aromatic rings. The Morgan fingerprint density at radius 2 is 1.91 bits per heavy atom. The lowest BCUT2D eigenvalue weighted by atomic mass is 9.79. The van der Waals surface area contributed by atoms with Gasteiger partial charge in [-0.05, 0) is 61.1 Å². The summed E-state index contributed by atoms with van der Waals surface area (Å²) in [6.07, 6.45) is 5.50. The van der Waals surface area contributed by atoms with E-state index in [-0.39, 0.29) is 23.2 Å². The van der Waals surface area contributed by atoms with Gasteiger partial charge in [0.2, 0.25) is 0 Å². The Bertz CT molecular complexity index is 698. The Kier molecular flexibility index (Phi) is 4.02. The molecule has 0 amide bonds. The van der Waals surface area contributed by atoms with Crippen molar-refractivity contribution in [2.45, 2.75) is 56.3 Å².